The van der Waals surface area contributed by atoms with Crippen LogP contribution in [0.4, 0.5) is 0 Å². The maximum Gasteiger partial charge on any atom is 0.326 e. The highest BCUT2D eigenvalue weighted by molar-refractivity contribution is 7.98. The van der Waals surface area contributed by atoms with Crippen LogP contribution in [0.25, 0.3) is 10.9 Å². The second-order valence-electron chi connectivity index (χ2n) is 10.0. The van der Waals surface area contributed by atoms with Gasteiger partial charge in [0.05, 0.1) is 18.7 Å². The van der Waals surface area contributed by atoms with Gasteiger partial charge >= 0.3 is 5.97 Å². The molecule has 228 valence electrons. The van der Waals surface area contributed by atoms with Crippen molar-refractivity contribution in [1.29, 1.82) is 0 Å². The molecular weight excluding hydrogens is 574 g/mol. The van der Waals surface area contributed by atoms with Gasteiger partial charge in [-0.2, -0.15) is 11.8 Å². The van der Waals surface area contributed by atoms with Gasteiger partial charge in [0.1, 0.15) is 18.1 Å². The van der Waals surface area contributed by atoms with Gasteiger partial charge in [-0.3, -0.25) is 14.4 Å². The number of para-hydroxylation sites is 1. The second-order valence-corrected chi connectivity index (χ2v) is 11.0. The van der Waals surface area contributed by atoms with E-state index in [0.717, 1.165) is 16.5 Å². The SMILES string of the molecule is CSCCC(NC(=O)C(N)Cc1cnc[nH]1)C(=O)NC(Cc1cnc[nH]1)C(=O)NC(Cc1c[nH]c2ccccc12)C(=O)O. The lowest BCUT2D eigenvalue weighted by Crippen LogP contribution is -2.58. The lowest BCUT2D eigenvalue weighted by Gasteiger charge is -2.25. The molecule has 43 heavy (non-hydrogen) atoms. The minimum Gasteiger partial charge on any atom is -0.480 e. The van der Waals surface area contributed by atoms with E-state index >= 15 is 0 Å². The van der Waals surface area contributed by atoms with Crippen molar-refractivity contribution in [2.24, 2.45) is 5.73 Å². The minimum atomic E-state index is -1.26. The van der Waals surface area contributed by atoms with Gasteiger partial charge in [0.25, 0.3) is 0 Å². The second kappa shape index (κ2) is 15.0. The van der Waals surface area contributed by atoms with E-state index in [-0.39, 0.29) is 25.7 Å². The average Bonchev–Trinajstić information content (AvgIpc) is 3.77. The Morgan fingerprint density at radius 3 is 2.14 bits per heavy atom. The number of imidazole rings is 2. The number of thioether (sulfide) groups is 1. The summed E-state index contributed by atoms with van der Waals surface area (Å²) in [5.74, 6) is -2.49. The summed E-state index contributed by atoms with van der Waals surface area (Å²) in [4.78, 5) is 68.8. The molecule has 0 aliphatic heterocycles. The molecule has 0 radical (unpaired) electrons. The first-order valence-corrected chi connectivity index (χ1v) is 15.0. The number of carbonyl (C=O) groups excluding carboxylic acids is 3. The van der Waals surface area contributed by atoms with E-state index in [1.807, 2.05) is 30.5 Å². The lowest BCUT2D eigenvalue weighted by molar-refractivity contribution is -0.142. The molecule has 9 N–H and O–H groups in total. The van der Waals surface area contributed by atoms with Crippen molar-refractivity contribution in [3.63, 3.8) is 0 Å². The first-order chi connectivity index (χ1) is 20.7. The minimum absolute atomic E-state index is 0.0134. The normalized spacial score (nSPS) is 14.0. The smallest absolute Gasteiger partial charge is 0.326 e. The summed E-state index contributed by atoms with van der Waals surface area (Å²) in [5, 5.41) is 18.8. The van der Waals surface area contributed by atoms with Gasteiger partial charge in [-0.15, -0.1) is 0 Å². The highest BCUT2D eigenvalue weighted by Crippen LogP contribution is 2.19. The molecule has 0 fully saturated rings. The fourth-order valence-electron chi connectivity index (χ4n) is 4.60. The van der Waals surface area contributed by atoms with Crippen molar-refractivity contribution in [2.75, 3.05) is 12.0 Å². The molecule has 14 nitrogen and oxygen atoms in total. The van der Waals surface area contributed by atoms with Gasteiger partial charge in [-0.05, 0) is 30.1 Å². The number of H-pyrrole nitrogens is 3. The van der Waals surface area contributed by atoms with Crippen LogP contribution in [0.15, 0.2) is 55.5 Å². The number of nitrogens with two attached hydrogens (primary N) is 1. The number of carbonyl (C=O) groups is 4. The molecule has 3 amide bonds. The van der Waals surface area contributed by atoms with E-state index in [9.17, 15) is 24.3 Å². The molecule has 4 unspecified atom stereocenters. The first-order valence-electron chi connectivity index (χ1n) is 13.6. The molecule has 4 atom stereocenters. The lowest BCUT2D eigenvalue weighted by atomic mass is 10.0. The van der Waals surface area contributed by atoms with E-state index in [4.69, 9.17) is 5.73 Å². The maximum absolute atomic E-state index is 13.5. The number of hydrogen-bond acceptors (Lipinski definition) is 8. The van der Waals surface area contributed by atoms with Gasteiger partial charge < -0.3 is 41.7 Å². The summed E-state index contributed by atoms with van der Waals surface area (Å²) < 4.78 is 0. The number of nitrogens with zero attached hydrogens (tertiary/aromatic N) is 2. The quantitative estimate of drug-likeness (QED) is 0.0871. The van der Waals surface area contributed by atoms with Crippen LogP contribution in [0.2, 0.25) is 0 Å². The molecule has 4 rings (SSSR count). The number of aromatic amines is 3. The predicted octanol–water partition coefficient (Wildman–Crippen LogP) is 0.261. The Bertz CT molecular complexity index is 1510. The third-order valence-corrected chi connectivity index (χ3v) is 7.54. The number of rotatable bonds is 16. The fraction of sp³-hybridized carbons (Fsp3) is 0.357. The Morgan fingerprint density at radius 2 is 1.49 bits per heavy atom. The molecule has 0 spiro atoms. The Morgan fingerprint density at radius 1 is 0.860 bits per heavy atom. The van der Waals surface area contributed by atoms with E-state index in [0.29, 0.717) is 17.1 Å². The molecule has 0 saturated heterocycles. The zero-order valence-corrected chi connectivity index (χ0v) is 24.3. The number of carboxylic acids is 1. The van der Waals surface area contributed by atoms with Crippen molar-refractivity contribution in [2.45, 2.75) is 49.9 Å². The van der Waals surface area contributed by atoms with Crippen molar-refractivity contribution in [3.8, 4) is 0 Å². The zero-order valence-electron chi connectivity index (χ0n) is 23.5. The van der Waals surface area contributed by atoms with Crippen LogP contribution in [0.1, 0.15) is 23.4 Å². The van der Waals surface area contributed by atoms with Crippen LogP contribution in [0.5, 0.6) is 0 Å². The van der Waals surface area contributed by atoms with E-state index in [1.165, 1.54) is 30.6 Å². The molecular formula is C28H35N9O5S. The summed E-state index contributed by atoms with van der Waals surface area (Å²) in [5.41, 5.74) is 8.86. The maximum atomic E-state index is 13.5. The number of fused-ring (bicyclic) bond motifs is 1. The molecule has 4 aromatic rings. The Balaban J connectivity index is 1.47. The number of aromatic nitrogens is 5. The molecule has 0 aliphatic carbocycles. The highest BCUT2D eigenvalue weighted by atomic mass is 32.2. The molecule has 0 bridgehead atoms. The van der Waals surface area contributed by atoms with Crippen LogP contribution in [0.3, 0.4) is 0 Å². The summed E-state index contributed by atoms with van der Waals surface area (Å²) in [6.45, 7) is 0. The molecule has 3 aromatic heterocycles. The monoisotopic (exact) mass is 609 g/mol. The summed E-state index contributed by atoms with van der Waals surface area (Å²) in [6, 6.07) is 3.11. The van der Waals surface area contributed by atoms with Crippen molar-refractivity contribution >= 4 is 46.4 Å². The summed E-state index contributed by atoms with van der Waals surface area (Å²) in [7, 11) is 0. The van der Waals surface area contributed by atoms with Crippen LogP contribution in [-0.4, -0.2) is 89.9 Å². The number of nitrogens with one attached hydrogen (secondary N) is 6. The largest absolute Gasteiger partial charge is 0.480 e. The number of benzene rings is 1. The molecule has 0 aliphatic rings. The van der Waals surface area contributed by atoms with Crippen molar-refractivity contribution in [3.05, 3.63) is 72.5 Å². The van der Waals surface area contributed by atoms with Crippen LogP contribution >= 0.6 is 11.8 Å². The van der Waals surface area contributed by atoms with Gasteiger partial charge in [-0.25, -0.2) is 14.8 Å². The number of aliphatic carboxylic acids is 1. The Kier molecular flexibility index (Phi) is 10.9. The average molecular weight is 610 g/mol. The van der Waals surface area contributed by atoms with Gasteiger partial charge in [0, 0.05) is 60.1 Å². The van der Waals surface area contributed by atoms with E-state index in [1.54, 1.807) is 12.4 Å². The fourth-order valence-corrected chi connectivity index (χ4v) is 5.07. The Labute approximate surface area is 251 Å². The number of amides is 3. The molecule has 15 heteroatoms. The van der Waals surface area contributed by atoms with Gasteiger partial charge in [0.15, 0.2) is 0 Å². The van der Waals surface area contributed by atoms with E-state index in [2.05, 4.69) is 40.9 Å². The standard InChI is InChI=1S/C28H35N9O5S/c1-43-7-6-22(35-25(38)20(29)9-17-12-30-14-33-17)26(39)36-23(10-18-13-31-15-34-18)27(40)37-24(28(41)42)8-16-11-32-21-5-3-2-4-19(16)21/h2-5,11-15,20,22-24,32H,6-10,29H2,1H3,(H,30,33)(H,31,34)(H,35,38)(H,36,39)(H,37,40)(H,41,42). The highest BCUT2D eigenvalue weighted by Gasteiger charge is 2.31. The van der Waals surface area contributed by atoms with Crippen molar-refractivity contribution < 1.29 is 24.3 Å². The third kappa shape index (κ3) is 8.68. The van der Waals surface area contributed by atoms with Gasteiger partial charge in [0.2, 0.25) is 17.7 Å². The first kappa shape index (κ1) is 31.3. The third-order valence-electron chi connectivity index (χ3n) is 6.90. The zero-order chi connectivity index (χ0) is 30.8. The Hall–Kier alpha value is -4.63. The van der Waals surface area contributed by atoms with Crippen LogP contribution < -0.4 is 21.7 Å². The van der Waals surface area contributed by atoms with E-state index < -0.39 is 47.9 Å². The van der Waals surface area contributed by atoms with Gasteiger partial charge in [-0.1, -0.05) is 18.2 Å². The number of hydrogen-bond donors (Lipinski definition) is 8. The summed E-state index contributed by atoms with van der Waals surface area (Å²) >= 11 is 1.49. The summed E-state index contributed by atoms with van der Waals surface area (Å²) in [6.07, 6.45) is 10.1. The topological polar surface area (TPSA) is 224 Å². The number of carboxylic acid groups (broad SMARTS) is 1. The molecule has 0 saturated carbocycles. The van der Waals surface area contributed by atoms with Crippen molar-refractivity contribution in [1.82, 2.24) is 40.9 Å². The van der Waals surface area contributed by atoms with Crippen LogP contribution in [-0.2, 0) is 38.4 Å². The molecule has 1 aromatic carbocycles. The van der Waals surface area contributed by atoms with Crippen LogP contribution in [0, 0.1) is 0 Å². The molecule has 3 heterocycles. The predicted molar refractivity (Wildman–Crippen MR) is 161 cm³/mol.